The summed E-state index contributed by atoms with van der Waals surface area (Å²) in [6.07, 6.45) is 0. The molecule has 4 heteroatoms. The smallest absolute Gasteiger partial charge is 0.259 e. The standard InChI is InChI=1S/C15H14BrNO2/c1-9-5-4-8-12(13(9)16)17-15(19)11-7-3-6-10(2)14(11)18/h3-8,18H,1-2H3,(H,17,19). The van der Waals surface area contributed by atoms with Gasteiger partial charge in [0, 0.05) is 4.47 Å². The fraction of sp³-hybridized carbons (Fsp3) is 0.133. The highest BCUT2D eigenvalue weighted by molar-refractivity contribution is 9.10. The van der Waals surface area contributed by atoms with Crippen LogP contribution in [0.1, 0.15) is 21.5 Å². The number of para-hydroxylation sites is 1. The highest BCUT2D eigenvalue weighted by Crippen LogP contribution is 2.28. The number of phenols is 1. The molecule has 0 heterocycles. The van der Waals surface area contributed by atoms with Gasteiger partial charge in [-0.25, -0.2) is 0 Å². The van der Waals surface area contributed by atoms with Crippen LogP contribution in [0.4, 0.5) is 5.69 Å². The van der Waals surface area contributed by atoms with Gasteiger partial charge in [-0.05, 0) is 53.0 Å². The van der Waals surface area contributed by atoms with Gasteiger partial charge in [0.1, 0.15) is 5.75 Å². The third kappa shape index (κ3) is 2.79. The Morgan fingerprint density at radius 2 is 1.74 bits per heavy atom. The van der Waals surface area contributed by atoms with Crippen LogP contribution in [0.25, 0.3) is 0 Å². The van der Waals surface area contributed by atoms with Crippen molar-refractivity contribution in [3.8, 4) is 5.75 Å². The fourth-order valence-electron chi connectivity index (χ4n) is 1.78. The van der Waals surface area contributed by atoms with E-state index in [2.05, 4.69) is 21.2 Å². The molecule has 2 N–H and O–H groups in total. The first-order valence-electron chi connectivity index (χ1n) is 5.85. The SMILES string of the molecule is Cc1cccc(C(=O)Nc2cccc(C)c2Br)c1O. The van der Waals surface area contributed by atoms with Gasteiger partial charge in [0.15, 0.2) is 0 Å². The largest absolute Gasteiger partial charge is 0.507 e. The van der Waals surface area contributed by atoms with Crippen LogP contribution in [-0.2, 0) is 0 Å². The molecule has 1 amide bonds. The van der Waals surface area contributed by atoms with E-state index in [1.54, 1.807) is 25.1 Å². The maximum absolute atomic E-state index is 12.2. The van der Waals surface area contributed by atoms with E-state index in [0.717, 1.165) is 10.0 Å². The maximum atomic E-state index is 12.2. The molecule has 0 fully saturated rings. The number of amides is 1. The van der Waals surface area contributed by atoms with Crippen molar-refractivity contribution in [2.24, 2.45) is 0 Å². The highest BCUT2D eigenvalue weighted by atomic mass is 79.9. The number of carbonyl (C=O) groups excluding carboxylic acids is 1. The van der Waals surface area contributed by atoms with Crippen LogP contribution in [0.2, 0.25) is 0 Å². The average Bonchev–Trinajstić information content (AvgIpc) is 2.38. The van der Waals surface area contributed by atoms with E-state index < -0.39 is 0 Å². The molecular weight excluding hydrogens is 306 g/mol. The summed E-state index contributed by atoms with van der Waals surface area (Å²) < 4.78 is 0.843. The quantitative estimate of drug-likeness (QED) is 0.878. The Hall–Kier alpha value is -1.81. The molecule has 0 spiro atoms. The van der Waals surface area contributed by atoms with Crippen molar-refractivity contribution in [2.75, 3.05) is 5.32 Å². The summed E-state index contributed by atoms with van der Waals surface area (Å²) in [6.45, 7) is 3.71. The molecule has 2 rings (SSSR count). The molecule has 0 aliphatic carbocycles. The Morgan fingerprint density at radius 1 is 1.11 bits per heavy atom. The molecule has 0 atom stereocenters. The first-order valence-corrected chi connectivity index (χ1v) is 6.65. The summed E-state index contributed by atoms with van der Waals surface area (Å²) in [5.41, 5.74) is 2.67. The molecule has 0 radical (unpaired) electrons. The molecular formula is C15H14BrNO2. The first-order chi connectivity index (χ1) is 9.00. The van der Waals surface area contributed by atoms with Crippen LogP contribution in [-0.4, -0.2) is 11.0 Å². The lowest BCUT2D eigenvalue weighted by molar-refractivity contribution is 0.102. The van der Waals surface area contributed by atoms with Crippen molar-refractivity contribution >= 4 is 27.5 Å². The number of phenolic OH excluding ortho intramolecular Hbond substituents is 1. The average molecular weight is 320 g/mol. The number of carbonyl (C=O) groups is 1. The Morgan fingerprint density at radius 3 is 2.47 bits per heavy atom. The lowest BCUT2D eigenvalue weighted by Gasteiger charge is -2.11. The van der Waals surface area contributed by atoms with E-state index in [9.17, 15) is 9.90 Å². The molecule has 0 aliphatic rings. The van der Waals surface area contributed by atoms with Crippen LogP contribution in [0.5, 0.6) is 5.75 Å². The molecule has 3 nitrogen and oxygen atoms in total. The second-order valence-electron chi connectivity index (χ2n) is 4.36. The molecule has 19 heavy (non-hydrogen) atoms. The van der Waals surface area contributed by atoms with Crippen LogP contribution in [0.15, 0.2) is 40.9 Å². The Bertz CT molecular complexity index is 638. The predicted molar refractivity (Wildman–Crippen MR) is 79.7 cm³/mol. The Labute approximate surface area is 120 Å². The number of rotatable bonds is 2. The summed E-state index contributed by atoms with van der Waals surface area (Å²) in [4.78, 5) is 12.2. The van der Waals surface area contributed by atoms with Gasteiger partial charge in [0.2, 0.25) is 0 Å². The second-order valence-corrected chi connectivity index (χ2v) is 5.15. The summed E-state index contributed by atoms with van der Waals surface area (Å²) in [5.74, 6) is -0.309. The summed E-state index contributed by atoms with van der Waals surface area (Å²) in [7, 11) is 0. The summed E-state index contributed by atoms with van der Waals surface area (Å²) in [6, 6.07) is 10.7. The van der Waals surface area contributed by atoms with Crippen molar-refractivity contribution in [3.05, 3.63) is 57.6 Å². The molecule has 0 unspecified atom stereocenters. The molecule has 98 valence electrons. The zero-order valence-corrected chi connectivity index (χ0v) is 12.3. The van der Waals surface area contributed by atoms with Gasteiger partial charge in [-0.3, -0.25) is 4.79 Å². The number of anilines is 1. The van der Waals surface area contributed by atoms with Crippen LogP contribution < -0.4 is 5.32 Å². The number of hydrogen-bond donors (Lipinski definition) is 2. The van der Waals surface area contributed by atoms with Crippen LogP contribution in [0.3, 0.4) is 0 Å². The van der Waals surface area contributed by atoms with Crippen molar-refractivity contribution in [3.63, 3.8) is 0 Å². The van der Waals surface area contributed by atoms with Gasteiger partial charge in [0.05, 0.1) is 11.3 Å². The molecule has 0 aliphatic heterocycles. The zero-order valence-electron chi connectivity index (χ0n) is 10.7. The van der Waals surface area contributed by atoms with E-state index in [1.807, 2.05) is 25.1 Å². The Balaban J connectivity index is 2.31. The molecule has 2 aromatic carbocycles. The lowest BCUT2D eigenvalue weighted by Crippen LogP contribution is -2.13. The van der Waals surface area contributed by atoms with E-state index in [0.29, 0.717) is 11.3 Å². The van der Waals surface area contributed by atoms with E-state index >= 15 is 0 Å². The van der Waals surface area contributed by atoms with Crippen LogP contribution >= 0.6 is 15.9 Å². The number of nitrogens with one attached hydrogen (secondary N) is 1. The molecule has 0 saturated heterocycles. The lowest BCUT2D eigenvalue weighted by atomic mass is 10.1. The van der Waals surface area contributed by atoms with Crippen molar-refractivity contribution < 1.29 is 9.90 Å². The third-order valence-corrected chi connectivity index (χ3v) is 3.97. The van der Waals surface area contributed by atoms with Gasteiger partial charge in [-0.15, -0.1) is 0 Å². The molecule has 0 bridgehead atoms. The van der Waals surface area contributed by atoms with Crippen LogP contribution in [0, 0.1) is 13.8 Å². The molecule has 2 aromatic rings. The number of hydrogen-bond acceptors (Lipinski definition) is 2. The second kappa shape index (κ2) is 5.45. The minimum absolute atomic E-state index is 0.0174. The van der Waals surface area contributed by atoms with Crippen molar-refractivity contribution in [1.82, 2.24) is 0 Å². The normalized spacial score (nSPS) is 10.3. The van der Waals surface area contributed by atoms with Crippen molar-refractivity contribution in [1.29, 1.82) is 0 Å². The monoisotopic (exact) mass is 319 g/mol. The number of benzene rings is 2. The topological polar surface area (TPSA) is 49.3 Å². The summed E-state index contributed by atoms with van der Waals surface area (Å²) >= 11 is 3.44. The van der Waals surface area contributed by atoms with Gasteiger partial charge in [-0.1, -0.05) is 24.3 Å². The third-order valence-electron chi connectivity index (χ3n) is 2.92. The van der Waals surface area contributed by atoms with Gasteiger partial charge < -0.3 is 10.4 Å². The zero-order chi connectivity index (χ0) is 14.0. The minimum atomic E-state index is -0.326. The Kier molecular flexibility index (Phi) is 3.90. The molecule has 0 aromatic heterocycles. The fourth-order valence-corrected chi connectivity index (χ4v) is 2.14. The van der Waals surface area contributed by atoms with Gasteiger partial charge in [-0.2, -0.15) is 0 Å². The van der Waals surface area contributed by atoms with Crippen molar-refractivity contribution in [2.45, 2.75) is 13.8 Å². The van der Waals surface area contributed by atoms with E-state index in [1.165, 1.54) is 0 Å². The first kappa shape index (κ1) is 13.6. The number of aromatic hydroxyl groups is 1. The highest BCUT2D eigenvalue weighted by Gasteiger charge is 2.14. The minimum Gasteiger partial charge on any atom is -0.507 e. The van der Waals surface area contributed by atoms with Gasteiger partial charge >= 0.3 is 0 Å². The number of halogens is 1. The van der Waals surface area contributed by atoms with Gasteiger partial charge in [0.25, 0.3) is 5.91 Å². The predicted octanol–water partition coefficient (Wildman–Crippen LogP) is 4.02. The molecule has 0 saturated carbocycles. The summed E-state index contributed by atoms with van der Waals surface area (Å²) in [5, 5.41) is 12.7. The van der Waals surface area contributed by atoms with E-state index in [-0.39, 0.29) is 17.2 Å². The number of aryl methyl sites for hydroxylation is 2. The van der Waals surface area contributed by atoms with E-state index in [4.69, 9.17) is 0 Å². The maximum Gasteiger partial charge on any atom is 0.259 e.